The molecule has 6 heteroatoms. The van der Waals surface area contributed by atoms with Crippen LogP contribution in [-0.4, -0.2) is 33.7 Å². The number of carbonyl (C=O) groups excluding carboxylic acids is 2. The number of hydrogen-bond donors (Lipinski definition) is 3. The van der Waals surface area contributed by atoms with Gasteiger partial charge in [0.25, 0.3) is 0 Å². The van der Waals surface area contributed by atoms with E-state index in [4.69, 9.17) is 4.74 Å². The summed E-state index contributed by atoms with van der Waals surface area (Å²) in [5, 5.41) is 24.9. The monoisotopic (exact) mass is 329 g/mol. The Labute approximate surface area is 139 Å². The summed E-state index contributed by atoms with van der Waals surface area (Å²) < 4.78 is 5.47. The van der Waals surface area contributed by atoms with Crippen molar-refractivity contribution in [3.63, 3.8) is 0 Å². The smallest absolute Gasteiger partial charge is 0.339 e. The maximum absolute atomic E-state index is 12.8. The molecule has 24 heavy (non-hydrogen) atoms. The molecule has 0 spiro atoms. The highest BCUT2D eigenvalue weighted by Gasteiger charge is 2.70. The Balaban J connectivity index is 1.76. The lowest BCUT2D eigenvalue weighted by Crippen LogP contribution is -2.56. The van der Waals surface area contributed by atoms with Gasteiger partial charge in [0.2, 0.25) is 17.1 Å². The molecule has 1 heterocycles. The summed E-state index contributed by atoms with van der Waals surface area (Å²) in [5.74, 6) is -1.44. The van der Waals surface area contributed by atoms with E-state index >= 15 is 0 Å². The highest BCUT2D eigenvalue weighted by molar-refractivity contribution is 6.16. The third-order valence-corrected chi connectivity index (χ3v) is 5.30. The predicted molar refractivity (Wildman–Crippen MR) is 83.8 cm³/mol. The normalized spacial score (nSPS) is 31.9. The van der Waals surface area contributed by atoms with E-state index in [1.54, 1.807) is 25.1 Å². The summed E-state index contributed by atoms with van der Waals surface area (Å²) in [6.45, 7) is 1.55. The molecule has 0 unspecified atom stereocenters. The second-order valence-corrected chi connectivity index (χ2v) is 6.73. The standard InChI is InChI=1S/C18H19NO5/c1-10-14(16(21)24-11-6-2-3-7-11)17(22)15(20)12-8-4-5-9-13(12)18(17,23)19-10/h4-5,8-9,11,19,22-23H,2-3,6-7H2,1H3/t17-,18+/m1/s1. The van der Waals surface area contributed by atoms with Crippen LogP contribution in [0.15, 0.2) is 35.5 Å². The zero-order valence-corrected chi connectivity index (χ0v) is 13.3. The average molecular weight is 329 g/mol. The summed E-state index contributed by atoms with van der Waals surface area (Å²) in [6.07, 6.45) is 3.35. The first kappa shape index (κ1) is 15.4. The van der Waals surface area contributed by atoms with Crippen molar-refractivity contribution in [2.24, 2.45) is 0 Å². The van der Waals surface area contributed by atoms with Gasteiger partial charge in [0, 0.05) is 16.8 Å². The number of carbonyl (C=O) groups is 2. The molecule has 2 atom stereocenters. The molecule has 0 saturated heterocycles. The quantitative estimate of drug-likeness (QED) is 0.704. The number of allylic oxidation sites excluding steroid dienone is 1. The van der Waals surface area contributed by atoms with Gasteiger partial charge in [0.05, 0.1) is 0 Å². The van der Waals surface area contributed by atoms with Gasteiger partial charge in [-0.15, -0.1) is 0 Å². The Bertz CT molecular complexity index is 779. The molecule has 0 amide bonds. The van der Waals surface area contributed by atoms with Crippen LogP contribution in [0.25, 0.3) is 0 Å². The molecular weight excluding hydrogens is 310 g/mol. The SMILES string of the molecule is CC1=C(C(=O)OC2CCCC2)[C@@]2(O)C(=O)c3ccccc3[C@@]2(O)N1. The van der Waals surface area contributed by atoms with E-state index in [0.29, 0.717) is 0 Å². The van der Waals surface area contributed by atoms with Crippen molar-refractivity contribution in [1.82, 2.24) is 5.32 Å². The van der Waals surface area contributed by atoms with E-state index in [1.165, 1.54) is 6.07 Å². The first-order chi connectivity index (χ1) is 11.4. The van der Waals surface area contributed by atoms with Crippen LogP contribution >= 0.6 is 0 Å². The lowest BCUT2D eigenvalue weighted by molar-refractivity contribution is -0.151. The molecule has 1 fully saturated rings. The van der Waals surface area contributed by atoms with Crippen LogP contribution in [-0.2, 0) is 15.3 Å². The van der Waals surface area contributed by atoms with E-state index in [0.717, 1.165) is 25.7 Å². The zero-order chi connectivity index (χ0) is 17.1. The molecule has 0 radical (unpaired) electrons. The second-order valence-electron chi connectivity index (χ2n) is 6.73. The molecule has 126 valence electrons. The van der Waals surface area contributed by atoms with Gasteiger partial charge in [-0.25, -0.2) is 4.79 Å². The van der Waals surface area contributed by atoms with Crippen molar-refractivity contribution in [2.75, 3.05) is 0 Å². The number of rotatable bonds is 2. The van der Waals surface area contributed by atoms with Gasteiger partial charge in [0.1, 0.15) is 11.7 Å². The number of fused-ring (bicyclic) bond motifs is 3. The van der Waals surface area contributed by atoms with E-state index in [1.807, 2.05) is 0 Å². The fourth-order valence-corrected chi connectivity index (χ4v) is 4.13. The van der Waals surface area contributed by atoms with Crippen molar-refractivity contribution in [3.8, 4) is 0 Å². The Hall–Kier alpha value is -2.18. The summed E-state index contributed by atoms with van der Waals surface area (Å²) in [7, 11) is 0. The minimum absolute atomic E-state index is 0.196. The summed E-state index contributed by atoms with van der Waals surface area (Å²) in [5.41, 5.74) is -3.89. The number of nitrogens with one attached hydrogen (secondary N) is 1. The molecule has 1 saturated carbocycles. The summed E-state index contributed by atoms with van der Waals surface area (Å²) >= 11 is 0. The van der Waals surface area contributed by atoms with Crippen molar-refractivity contribution < 1.29 is 24.5 Å². The van der Waals surface area contributed by atoms with Gasteiger partial charge in [-0.2, -0.15) is 0 Å². The molecule has 6 nitrogen and oxygen atoms in total. The lowest BCUT2D eigenvalue weighted by Gasteiger charge is -2.32. The average Bonchev–Trinajstić information content (AvgIpc) is 3.16. The molecule has 1 aromatic carbocycles. The van der Waals surface area contributed by atoms with E-state index in [-0.39, 0.29) is 28.5 Å². The predicted octanol–water partition coefficient (Wildman–Crippen LogP) is 1.12. The van der Waals surface area contributed by atoms with Gasteiger partial charge in [-0.05, 0) is 32.6 Å². The molecule has 4 rings (SSSR count). The Kier molecular flexibility index (Phi) is 3.14. The first-order valence-electron chi connectivity index (χ1n) is 8.19. The van der Waals surface area contributed by atoms with Gasteiger partial charge in [-0.3, -0.25) is 4.79 Å². The minimum Gasteiger partial charge on any atom is -0.459 e. The van der Waals surface area contributed by atoms with Gasteiger partial charge in [0.15, 0.2) is 0 Å². The summed E-state index contributed by atoms with van der Waals surface area (Å²) in [4.78, 5) is 25.5. The van der Waals surface area contributed by atoms with Crippen molar-refractivity contribution in [3.05, 3.63) is 46.7 Å². The molecule has 1 aliphatic heterocycles. The second kappa shape index (κ2) is 4.91. The van der Waals surface area contributed by atoms with Crippen LogP contribution < -0.4 is 5.32 Å². The van der Waals surface area contributed by atoms with Crippen molar-refractivity contribution in [2.45, 2.75) is 50.0 Å². The topological polar surface area (TPSA) is 95.9 Å². The van der Waals surface area contributed by atoms with E-state index < -0.39 is 23.1 Å². The lowest BCUT2D eigenvalue weighted by atomic mass is 9.85. The van der Waals surface area contributed by atoms with Crippen LogP contribution in [0, 0.1) is 0 Å². The molecule has 1 aromatic rings. The van der Waals surface area contributed by atoms with Crippen molar-refractivity contribution >= 4 is 11.8 Å². The number of ether oxygens (including phenoxy) is 1. The maximum Gasteiger partial charge on any atom is 0.339 e. The van der Waals surface area contributed by atoms with Crippen LogP contribution in [0.2, 0.25) is 0 Å². The minimum atomic E-state index is -2.36. The number of aliphatic hydroxyl groups is 2. The fraction of sp³-hybridized carbons (Fsp3) is 0.444. The van der Waals surface area contributed by atoms with Gasteiger partial charge < -0.3 is 20.3 Å². The van der Waals surface area contributed by atoms with Gasteiger partial charge >= 0.3 is 5.97 Å². The molecule has 0 bridgehead atoms. The molecule has 3 N–H and O–H groups in total. The number of benzene rings is 1. The third kappa shape index (κ3) is 1.72. The highest BCUT2D eigenvalue weighted by Crippen LogP contribution is 2.51. The number of Topliss-reactive ketones (excluding diaryl/α,β-unsaturated/α-hetero) is 1. The molecular formula is C18H19NO5. The van der Waals surface area contributed by atoms with E-state index in [2.05, 4.69) is 5.32 Å². The van der Waals surface area contributed by atoms with E-state index in [9.17, 15) is 19.8 Å². The summed E-state index contributed by atoms with van der Waals surface area (Å²) in [6, 6.07) is 6.42. The number of hydrogen-bond acceptors (Lipinski definition) is 6. The van der Waals surface area contributed by atoms with Crippen molar-refractivity contribution in [1.29, 1.82) is 0 Å². The molecule has 2 aliphatic carbocycles. The van der Waals surface area contributed by atoms with Crippen LogP contribution in [0.5, 0.6) is 0 Å². The number of ketones is 1. The zero-order valence-electron chi connectivity index (χ0n) is 13.3. The molecule has 0 aromatic heterocycles. The maximum atomic E-state index is 12.8. The van der Waals surface area contributed by atoms with Crippen LogP contribution in [0.4, 0.5) is 0 Å². The highest BCUT2D eigenvalue weighted by atomic mass is 16.5. The largest absolute Gasteiger partial charge is 0.459 e. The van der Waals surface area contributed by atoms with Gasteiger partial charge in [-0.1, -0.05) is 24.3 Å². The number of esters is 1. The van der Waals surface area contributed by atoms with Crippen LogP contribution in [0.1, 0.15) is 48.5 Å². The Morgan fingerprint density at radius 3 is 2.62 bits per heavy atom. The first-order valence-corrected chi connectivity index (χ1v) is 8.19. The Morgan fingerprint density at radius 1 is 1.25 bits per heavy atom. The third-order valence-electron chi connectivity index (χ3n) is 5.30. The fourth-order valence-electron chi connectivity index (χ4n) is 4.13. The Morgan fingerprint density at radius 2 is 1.92 bits per heavy atom. The molecule has 3 aliphatic rings. The van der Waals surface area contributed by atoms with Crippen LogP contribution in [0.3, 0.4) is 0 Å².